The molecule has 30 heavy (non-hydrogen) atoms. The molecule has 7 nitrogen and oxygen atoms in total. The summed E-state index contributed by atoms with van der Waals surface area (Å²) >= 11 is 0. The van der Waals surface area contributed by atoms with Crippen molar-refractivity contribution in [3.63, 3.8) is 0 Å². The predicted octanol–water partition coefficient (Wildman–Crippen LogP) is 3.79. The van der Waals surface area contributed by atoms with Crippen LogP contribution in [0.4, 0.5) is 5.69 Å². The van der Waals surface area contributed by atoms with E-state index in [2.05, 4.69) is 20.4 Å². The molecule has 1 aromatic heterocycles. The first-order valence-corrected chi connectivity index (χ1v) is 10.1. The summed E-state index contributed by atoms with van der Waals surface area (Å²) in [6.45, 7) is 3.54. The average Bonchev–Trinajstić information content (AvgIpc) is 3.23. The summed E-state index contributed by atoms with van der Waals surface area (Å²) in [5, 5.41) is 7.01. The molecule has 1 atom stereocenters. The first-order chi connectivity index (χ1) is 14.6. The molecule has 1 fully saturated rings. The number of aromatic nitrogens is 2. The van der Waals surface area contributed by atoms with Crippen LogP contribution < -0.4 is 5.32 Å². The Morgan fingerprint density at radius 1 is 1.17 bits per heavy atom. The van der Waals surface area contributed by atoms with Gasteiger partial charge in [0.05, 0.1) is 12.5 Å². The van der Waals surface area contributed by atoms with Gasteiger partial charge in [0.25, 0.3) is 0 Å². The maximum atomic E-state index is 12.8. The molecule has 1 amide bonds. The molecular formula is C23H24N4O3. The molecule has 3 aromatic rings. The van der Waals surface area contributed by atoms with Gasteiger partial charge in [-0.1, -0.05) is 47.6 Å². The fraction of sp³-hybridized carbons (Fsp3) is 0.304. The van der Waals surface area contributed by atoms with Gasteiger partial charge in [0.15, 0.2) is 5.78 Å². The van der Waals surface area contributed by atoms with Crippen molar-refractivity contribution in [1.29, 1.82) is 0 Å². The number of hydrogen-bond acceptors (Lipinski definition) is 6. The summed E-state index contributed by atoms with van der Waals surface area (Å²) in [4.78, 5) is 31.0. The Bertz CT molecular complexity index is 1030. The summed E-state index contributed by atoms with van der Waals surface area (Å²) < 4.78 is 5.41. The van der Waals surface area contributed by atoms with Crippen molar-refractivity contribution in [3.05, 3.63) is 66.1 Å². The standard InChI is InChI=1S/C23H24N4O3/c1-16(28)18-9-5-11-20(13-18)24-23(29)19-10-6-12-27(14-19)15-21-25-22(26-30-21)17-7-3-2-4-8-17/h2-5,7-9,11,13,19H,6,10,12,14-15H2,1H3,(H,24,29). The van der Waals surface area contributed by atoms with Crippen LogP contribution in [0.5, 0.6) is 0 Å². The molecule has 2 heterocycles. The molecule has 0 radical (unpaired) electrons. The third-order valence-electron chi connectivity index (χ3n) is 5.27. The van der Waals surface area contributed by atoms with E-state index in [1.54, 1.807) is 24.3 Å². The van der Waals surface area contributed by atoms with Crippen LogP contribution >= 0.6 is 0 Å². The normalized spacial score (nSPS) is 16.9. The van der Waals surface area contributed by atoms with Gasteiger partial charge in [-0.15, -0.1) is 0 Å². The minimum absolute atomic E-state index is 0.0237. The first kappa shape index (κ1) is 20.0. The van der Waals surface area contributed by atoms with Crippen LogP contribution in [0.2, 0.25) is 0 Å². The Morgan fingerprint density at radius 3 is 2.80 bits per heavy atom. The molecule has 0 aliphatic carbocycles. The largest absolute Gasteiger partial charge is 0.338 e. The number of carbonyl (C=O) groups excluding carboxylic acids is 2. The summed E-state index contributed by atoms with van der Waals surface area (Å²) in [6.07, 6.45) is 1.75. The smallest absolute Gasteiger partial charge is 0.241 e. The highest BCUT2D eigenvalue weighted by Crippen LogP contribution is 2.22. The van der Waals surface area contributed by atoms with Gasteiger partial charge >= 0.3 is 0 Å². The second-order valence-electron chi connectivity index (χ2n) is 7.58. The van der Waals surface area contributed by atoms with Crippen molar-refractivity contribution >= 4 is 17.4 Å². The highest BCUT2D eigenvalue weighted by atomic mass is 16.5. The van der Waals surface area contributed by atoms with E-state index in [9.17, 15) is 9.59 Å². The number of nitrogens with zero attached hydrogens (tertiary/aromatic N) is 3. The molecule has 154 valence electrons. The minimum Gasteiger partial charge on any atom is -0.338 e. The summed E-state index contributed by atoms with van der Waals surface area (Å²) in [5.74, 6) is 0.933. The van der Waals surface area contributed by atoms with Crippen LogP contribution in [0, 0.1) is 5.92 Å². The zero-order valence-corrected chi connectivity index (χ0v) is 16.9. The zero-order chi connectivity index (χ0) is 20.9. The molecule has 1 N–H and O–H groups in total. The molecule has 1 saturated heterocycles. The van der Waals surface area contributed by atoms with Crippen LogP contribution in [0.15, 0.2) is 59.1 Å². The average molecular weight is 404 g/mol. The number of ketones is 1. The van der Waals surface area contributed by atoms with Crippen LogP contribution in [-0.2, 0) is 11.3 Å². The minimum atomic E-state index is -0.128. The number of carbonyl (C=O) groups is 2. The van der Waals surface area contributed by atoms with E-state index in [0.717, 1.165) is 24.9 Å². The molecule has 1 aliphatic rings. The lowest BCUT2D eigenvalue weighted by atomic mass is 9.97. The lowest BCUT2D eigenvalue weighted by Crippen LogP contribution is -2.40. The molecule has 0 saturated carbocycles. The molecule has 0 spiro atoms. The number of likely N-dealkylation sites (tertiary alicyclic amines) is 1. The van der Waals surface area contributed by atoms with E-state index < -0.39 is 0 Å². The number of hydrogen-bond donors (Lipinski definition) is 1. The SMILES string of the molecule is CC(=O)c1cccc(NC(=O)C2CCCN(Cc3nc(-c4ccccc4)no3)C2)c1. The summed E-state index contributed by atoms with van der Waals surface area (Å²) in [6, 6.07) is 16.7. The van der Waals surface area contributed by atoms with E-state index in [-0.39, 0.29) is 17.6 Å². The Kier molecular flexibility index (Phi) is 5.99. The number of Topliss-reactive ketones (excluding diaryl/α,β-unsaturated/α-hetero) is 1. The highest BCUT2D eigenvalue weighted by molar-refractivity contribution is 5.97. The zero-order valence-electron chi connectivity index (χ0n) is 16.9. The number of benzene rings is 2. The maximum Gasteiger partial charge on any atom is 0.241 e. The van der Waals surface area contributed by atoms with Crippen molar-refractivity contribution in [2.75, 3.05) is 18.4 Å². The van der Waals surface area contributed by atoms with Crippen molar-refractivity contribution < 1.29 is 14.1 Å². The number of piperidine rings is 1. The third kappa shape index (κ3) is 4.80. The van der Waals surface area contributed by atoms with Gasteiger partial charge in [0.1, 0.15) is 0 Å². The second-order valence-corrected chi connectivity index (χ2v) is 7.58. The molecule has 2 aromatic carbocycles. The van der Waals surface area contributed by atoms with Crippen LogP contribution in [0.25, 0.3) is 11.4 Å². The fourth-order valence-corrected chi connectivity index (χ4v) is 3.69. The van der Waals surface area contributed by atoms with Crippen molar-refractivity contribution in [3.8, 4) is 11.4 Å². The molecule has 4 rings (SSSR count). The van der Waals surface area contributed by atoms with Crippen molar-refractivity contribution in [2.45, 2.75) is 26.3 Å². The van der Waals surface area contributed by atoms with E-state index in [1.807, 2.05) is 30.3 Å². The Labute approximate surface area is 175 Å². The van der Waals surface area contributed by atoms with Gasteiger partial charge in [0.2, 0.25) is 17.6 Å². The van der Waals surface area contributed by atoms with Gasteiger partial charge < -0.3 is 9.84 Å². The number of nitrogens with one attached hydrogen (secondary N) is 1. The fourth-order valence-electron chi connectivity index (χ4n) is 3.69. The predicted molar refractivity (Wildman–Crippen MR) is 113 cm³/mol. The van der Waals surface area contributed by atoms with Crippen LogP contribution in [0.1, 0.15) is 36.0 Å². The van der Waals surface area contributed by atoms with Gasteiger partial charge in [-0.25, -0.2) is 0 Å². The topological polar surface area (TPSA) is 88.3 Å². The van der Waals surface area contributed by atoms with E-state index in [4.69, 9.17) is 4.52 Å². The van der Waals surface area contributed by atoms with E-state index in [1.165, 1.54) is 6.92 Å². The Morgan fingerprint density at radius 2 is 2.00 bits per heavy atom. The van der Waals surface area contributed by atoms with Crippen molar-refractivity contribution in [1.82, 2.24) is 15.0 Å². The van der Waals surface area contributed by atoms with Gasteiger partial charge in [-0.3, -0.25) is 14.5 Å². The van der Waals surface area contributed by atoms with E-state index >= 15 is 0 Å². The second kappa shape index (κ2) is 9.00. The lowest BCUT2D eigenvalue weighted by Gasteiger charge is -2.30. The Balaban J connectivity index is 1.36. The van der Waals surface area contributed by atoms with Gasteiger partial charge in [0, 0.05) is 23.4 Å². The highest BCUT2D eigenvalue weighted by Gasteiger charge is 2.27. The number of anilines is 1. The molecule has 0 bridgehead atoms. The molecule has 1 unspecified atom stereocenters. The Hall–Kier alpha value is -3.32. The lowest BCUT2D eigenvalue weighted by molar-refractivity contribution is -0.121. The van der Waals surface area contributed by atoms with Gasteiger partial charge in [-0.05, 0) is 38.4 Å². The quantitative estimate of drug-likeness (QED) is 0.629. The molecule has 7 heteroatoms. The first-order valence-electron chi connectivity index (χ1n) is 10.1. The molecular weight excluding hydrogens is 380 g/mol. The van der Waals surface area contributed by atoms with Crippen LogP contribution in [-0.4, -0.2) is 39.8 Å². The number of amides is 1. The monoisotopic (exact) mass is 404 g/mol. The van der Waals surface area contributed by atoms with E-state index in [0.29, 0.717) is 36.1 Å². The van der Waals surface area contributed by atoms with Gasteiger partial charge in [-0.2, -0.15) is 4.98 Å². The summed E-state index contributed by atoms with van der Waals surface area (Å²) in [7, 11) is 0. The summed E-state index contributed by atoms with van der Waals surface area (Å²) in [5.41, 5.74) is 2.15. The molecule has 1 aliphatic heterocycles. The maximum absolute atomic E-state index is 12.8. The van der Waals surface area contributed by atoms with Crippen LogP contribution in [0.3, 0.4) is 0 Å². The van der Waals surface area contributed by atoms with Crippen molar-refractivity contribution in [2.24, 2.45) is 5.92 Å². The third-order valence-corrected chi connectivity index (χ3v) is 5.27. The number of rotatable bonds is 6.